The number of amides is 2. The van der Waals surface area contributed by atoms with Gasteiger partial charge in [-0.25, -0.2) is 0 Å². The monoisotopic (exact) mass is 515 g/mol. The number of aromatic nitrogens is 2. The molecule has 0 spiro atoms. The number of nitrogens with one attached hydrogen (secondary N) is 4. The van der Waals surface area contributed by atoms with Gasteiger partial charge in [-0.05, 0) is 37.1 Å². The van der Waals surface area contributed by atoms with E-state index in [4.69, 9.17) is 0 Å². The first-order chi connectivity index (χ1) is 17.6. The molecule has 0 saturated heterocycles. The summed E-state index contributed by atoms with van der Waals surface area (Å²) in [5.74, 6) is -0.777. The molecule has 12 heteroatoms. The highest BCUT2D eigenvalue weighted by Gasteiger charge is 2.28. The van der Waals surface area contributed by atoms with Crippen molar-refractivity contribution < 1.29 is 22.8 Å². The number of likely N-dealkylation sites (N-methyl/N-ethyl adjacent to an activating group) is 1. The Morgan fingerprint density at radius 1 is 1.24 bits per heavy atom. The van der Waals surface area contributed by atoms with E-state index in [-0.39, 0.29) is 6.54 Å². The van der Waals surface area contributed by atoms with Crippen LogP contribution < -0.4 is 36.3 Å². The lowest BCUT2D eigenvalue weighted by molar-refractivity contribution is -0.137. The van der Waals surface area contributed by atoms with Crippen molar-refractivity contribution in [1.29, 1.82) is 0 Å². The van der Waals surface area contributed by atoms with Crippen molar-refractivity contribution in [2.24, 2.45) is 0 Å². The number of benzene rings is 1. The Kier molecular flexibility index (Phi) is 7.28. The summed E-state index contributed by atoms with van der Waals surface area (Å²) in [6, 6.07) is 5.32. The van der Waals surface area contributed by atoms with Crippen LogP contribution in [0.25, 0.3) is 11.8 Å². The number of fused-ring (bicyclic) bond motifs is 1. The van der Waals surface area contributed by atoms with Crippen LogP contribution in [0.2, 0.25) is 0 Å². The van der Waals surface area contributed by atoms with Gasteiger partial charge in [-0.2, -0.15) is 18.3 Å². The van der Waals surface area contributed by atoms with Crippen molar-refractivity contribution in [1.82, 2.24) is 26.1 Å². The molecule has 2 amide bonds. The van der Waals surface area contributed by atoms with Gasteiger partial charge in [-0.15, -0.1) is 0 Å². The number of hydrogen-bond donors (Lipinski definition) is 4. The third-order valence-corrected chi connectivity index (χ3v) is 6.19. The molecule has 4 rings (SSSR count). The van der Waals surface area contributed by atoms with E-state index in [1.165, 1.54) is 9.80 Å². The molecule has 196 valence electrons. The molecule has 0 unspecified atom stereocenters. The Hall–Kier alpha value is -4.22. The van der Waals surface area contributed by atoms with Gasteiger partial charge >= 0.3 is 6.18 Å². The summed E-state index contributed by atoms with van der Waals surface area (Å²) < 4.78 is 37.5. The summed E-state index contributed by atoms with van der Waals surface area (Å²) >= 11 is 0. The SMILES string of the molecule is CC1=C(C2=c3cn[nH]c3=CNC2)NCC(N(C=O)c2c(C)cccc2N(C)CC(=O)NCC(F)(F)F)=C1. The molecular weight excluding hydrogens is 487 g/mol. The van der Waals surface area contributed by atoms with Crippen LogP contribution in [0.1, 0.15) is 12.5 Å². The predicted octanol–water partition coefficient (Wildman–Crippen LogP) is 0.749. The lowest BCUT2D eigenvalue weighted by Crippen LogP contribution is -2.41. The van der Waals surface area contributed by atoms with Crippen molar-refractivity contribution in [3.8, 4) is 0 Å². The second-order valence-electron chi connectivity index (χ2n) is 8.91. The summed E-state index contributed by atoms with van der Waals surface area (Å²) in [5, 5.41) is 17.5. The van der Waals surface area contributed by atoms with E-state index < -0.39 is 18.6 Å². The van der Waals surface area contributed by atoms with Crippen LogP contribution in [-0.2, 0) is 9.59 Å². The number of aromatic amines is 1. The molecule has 37 heavy (non-hydrogen) atoms. The number of rotatable bonds is 8. The van der Waals surface area contributed by atoms with Gasteiger partial charge in [0.05, 0.1) is 36.0 Å². The molecule has 2 aromatic rings. The number of carbonyl (C=O) groups is 2. The minimum Gasteiger partial charge on any atom is -0.385 e. The molecule has 0 bridgehead atoms. The lowest BCUT2D eigenvalue weighted by Gasteiger charge is -2.32. The number of halogens is 3. The average molecular weight is 516 g/mol. The van der Waals surface area contributed by atoms with Crippen LogP contribution in [0.5, 0.6) is 0 Å². The smallest absolute Gasteiger partial charge is 0.385 e. The first kappa shape index (κ1) is 25.9. The number of anilines is 2. The van der Waals surface area contributed by atoms with Crippen molar-refractivity contribution in [2.75, 3.05) is 43.0 Å². The molecule has 0 fully saturated rings. The maximum Gasteiger partial charge on any atom is 0.405 e. The molecule has 0 saturated carbocycles. The molecule has 2 aliphatic heterocycles. The number of aryl methyl sites for hydroxylation is 1. The third-order valence-electron chi connectivity index (χ3n) is 6.19. The Balaban J connectivity index is 1.64. The van der Waals surface area contributed by atoms with Gasteiger partial charge in [0.1, 0.15) is 6.54 Å². The highest BCUT2D eigenvalue weighted by Crippen LogP contribution is 2.35. The number of allylic oxidation sites excluding steroid dienone is 2. The van der Waals surface area contributed by atoms with Gasteiger partial charge in [-0.1, -0.05) is 12.1 Å². The van der Waals surface area contributed by atoms with Gasteiger partial charge in [0.2, 0.25) is 12.3 Å². The van der Waals surface area contributed by atoms with E-state index in [2.05, 4.69) is 20.8 Å². The van der Waals surface area contributed by atoms with Crippen LogP contribution >= 0.6 is 0 Å². The molecule has 3 heterocycles. The maximum atomic E-state index is 12.5. The van der Waals surface area contributed by atoms with Crippen LogP contribution in [0.3, 0.4) is 0 Å². The molecule has 1 aromatic heterocycles. The van der Waals surface area contributed by atoms with E-state index in [0.717, 1.165) is 33.0 Å². The standard InChI is InChI=1S/C25H28F3N7O2/c1-15-5-4-6-21(34(3)12-22(37)31-13-25(26,27)28)24(15)35(14-36)17-7-16(2)23(30-8-17)19-9-29-11-20-18(19)10-32-33-20/h4-7,10-11,14,29-30,33H,8-9,12-13H2,1-3H3,(H,31,37). The topological polar surface area (TPSA) is 105 Å². The fourth-order valence-electron chi connectivity index (χ4n) is 4.50. The first-order valence-corrected chi connectivity index (χ1v) is 11.6. The van der Waals surface area contributed by atoms with Gasteiger partial charge < -0.3 is 20.9 Å². The highest BCUT2D eigenvalue weighted by atomic mass is 19.4. The fourth-order valence-corrected chi connectivity index (χ4v) is 4.50. The zero-order valence-corrected chi connectivity index (χ0v) is 20.7. The van der Waals surface area contributed by atoms with Crippen LogP contribution in [-0.4, -0.2) is 61.9 Å². The van der Waals surface area contributed by atoms with Gasteiger partial charge in [0.25, 0.3) is 0 Å². The number of nitrogens with zero attached hydrogens (tertiary/aromatic N) is 3. The Labute approximate surface area is 211 Å². The van der Waals surface area contributed by atoms with E-state index in [1.807, 2.05) is 37.5 Å². The van der Waals surface area contributed by atoms with Gasteiger partial charge in [0.15, 0.2) is 0 Å². The fraction of sp³-hybridized carbons (Fsp3) is 0.320. The highest BCUT2D eigenvalue weighted by molar-refractivity contribution is 5.91. The Morgan fingerprint density at radius 3 is 2.73 bits per heavy atom. The minimum atomic E-state index is -4.49. The van der Waals surface area contributed by atoms with E-state index in [0.29, 0.717) is 36.6 Å². The maximum absolute atomic E-state index is 12.5. The summed E-state index contributed by atoms with van der Waals surface area (Å²) in [4.78, 5) is 27.5. The lowest BCUT2D eigenvalue weighted by atomic mass is 10.00. The second kappa shape index (κ2) is 10.4. The number of H-pyrrole nitrogens is 1. The molecule has 4 N–H and O–H groups in total. The van der Waals surface area contributed by atoms with Crippen LogP contribution in [0, 0.1) is 6.92 Å². The van der Waals surface area contributed by atoms with Crippen molar-refractivity contribution in [3.63, 3.8) is 0 Å². The second-order valence-corrected chi connectivity index (χ2v) is 8.91. The molecule has 0 radical (unpaired) electrons. The number of dihydropyridines is 1. The van der Waals surface area contributed by atoms with E-state index >= 15 is 0 Å². The zero-order valence-electron chi connectivity index (χ0n) is 20.7. The van der Waals surface area contributed by atoms with E-state index in [1.54, 1.807) is 25.4 Å². The largest absolute Gasteiger partial charge is 0.405 e. The van der Waals surface area contributed by atoms with Crippen LogP contribution in [0.15, 0.2) is 47.4 Å². The van der Waals surface area contributed by atoms with Crippen LogP contribution in [0.4, 0.5) is 24.5 Å². The summed E-state index contributed by atoms with van der Waals surface area (Å²) in [7, 11) is 1.59. The first-order valence-electron chi connectivity index (χ1n) is 11.6. The van der Waals surface area contributed by atoms with Gasteiger partial charge in [0, 0.05) is 42.0 Å². The normalized spacial score (nSPS) is 15.1. The quantitative estimate of drug-likeness (QED) is 0.387. The van der Waals surface area contributed by atoms with Crippen molar-refractivity contribution in [3.05, 3.63) is 63.6 Å². The number of alkyl halides is 3. The molecular formula is C25H28F3N7O2. The molecule has 1 aromatic carbocycles. The predicted molar refractivity (Wildman–Crippen MR) is 135 cm³/mol. The van der Waals surface area contributed by atoms with E-state index in [9.17, 15) is 22.8 Å². The third kappa shape index (κ3) is 5.63. The Bertz CT molecular complexity index is 1390. The van der Waals surface area contributed by atoms with Crippen molar-refractivity contribution in [2.45, 2.75) is 20.0 Å². The molecule has 9 nitrogen and oxygen atoms in total. The van der Waals surface area contributed by atoms with Crippen molar-refractivity contribution >= 4 is 35.5 Å². The summed E-state index contributed by atoms with van der Waals surface area (Å²) in [5.41, 5.74) is 5.46. The minimum absolute atomic E-state index is 0.311. The molecule has 2 aliphatic rings. The summed E-state index contributed by atoms with van der Waals surface area (Å²) in [6.45, 7) is 3.05. The molecule has 0 aliphatic carbocycles. The molecule has 0 atom stereocenters. The summed E-state index contributed by atoms with van der Waals surface area (Å²) in [6.07, 6.45) is 1.79. The number of carbonyl (C=O) groups excluding carboxylic acids is 2. The number of hydrogen-bond acceptors (Lipinski definition) is 6. The zero-order chi connectivity index (χ0) is 26.7. The average Bonchev–Trinajstić information content (AvgIpc) is 3.33. The van der Waals surface area contributed by atoms with Gasteiger partial charge in [-0.3, -0.25) is 19.6 Å². The Morgan fingerprint density at radius 2 is 2.03 bits per heavy atom. The number of para-hydroxylation sites is 1.